The van der Waals surface area contributed by atoms with E-state index in [0.717, 1.165) is 49.5 Å². The Hall–Kier alpha value is -1.89. The fraction of sp³-hybridized carbons (Fsp3) is 0.611. The summed E-state index contributed by atoms with van der Waals surface area (Å²) < 4.78 is 13.9. The van der Waals surface area contributed by atoms with Gasteiger partial charge in [0.05, 0.1) is 0 Å². The summed E-state index contributed by atoms with van der Waals surface area (Å²) in [5.74, 6) is 2.75. The van der Waals surface area contributed by atoms with Crippen molar-refractivity contribution in [3.63, 3.8) is 0 Å². The summed E-state index contributed by atoms with van der Waals surface area (Å²) >= 11 is 0. The van der Waals surface area contributed by atoms with Gasteiger partial charge in [-0.3, -0.25) is 0 Å². The molecule has 1 heteroatoms. The van der Waals surface area contributed by atoms with Gasteiger partial charge < -0.3 is 0 Å². The van der Waals surface area contributed by atoms with Crippen molar-refractivity contribution in [2.75, 3.05) is 6.67 Å². The number of rotatable bonds is 15. The van der Waals surface area contributed by atoms with Crippen LogP contribution in [0.3, 0.4) is 0 Å². The third-order valence-electron chi connectivity index (χ3n) is 9.25. The summed E-state index contributed by atoms with van der Waals surface area (Å²) in [4.78, 5) is 0. The average Bonchev–Trinajstić information content (AvgIpc) is 2.94. The molecule has 0 nitrogen and oxygen atoms in total. The fourth-order valence-electron chi connectivity index (χ4n) is 6.49. The second kappa shape index (κ2) is 15.5. The summed E-state index contributed by atoms with van der Waals surface area (Å²) in [6, 6.07) is 10.7. The molecule has 1 saturated carbocycles. The van der Waals surface area contributed by atoms with E-state index in [2.05, 4.69) is 88.1 Å². The lowest BCUT2D eigenvalue weighted by atomic mass is 9.75. The van der Waals surface area contributed by atoms with Crippen molar-refractivity contribution < 1.29 is 4.39 Å². The second-order valence-corrected chi connectivity index (χ2v) is 12.4. The number of allylic oxidation sites excluding steroid dienone is 7. The minimum atomic E-state index is -0.333. The largest absolute Gasteiger partial charge is 0.246 e. The first-order valence-electron chi connectivity index (χ1n) is 15.3. The molecule has 0 radical (unpaired) electrons. The van der Waals surface area contributed by atoms with Gasteiger partial charge in [-0.25, -0.2) is 4.39 Å². The maximum atomic E-state index is 13.9. The summed E-state index contributed by atoms with van der Waals surface area (Å²) in [5, 5.41) is 0. The molecule has 2 aliphatic rings. The fourth-order valence-corrected chi connectivity index (χ4v) is 6.49. The van der Waals surface area contributed by atoms with E-state index in [4.69, 9.17) is 0 Å². The van der Waals surface area contributed by atoms with E-state index in [-0.39, 0.29) is 12.1 Å². The molecule has 2 unspecified atom stereocenters. The second-order valence-electron chi connectivity index (χ2n) is 12.4. The van der Waals surface area contributed by atoms with E-state index >= 15 is 0 Å². The first-order chi connectivity index (χ1) is 18.0. The van der Waals surface area contributed by atoms with Crippen molar-refractivity contribution in [1.82, 2.24) is 0 Å². The predicted molar refractivity (Wildman–Crippen MR) is 161 cm³/mol. The van der Waals surface area contributed by atoms with Gasteiger partial charge in [-0.1, -0.05) is 107 Å². The molecule has 0 aliphatic heterocycles. The Morgan fingerprint density at radius 1 is 1.11 bits per heavy atom. The van der Waals surface area contributed by atoms with E-state index in [9.17, 15) is 4.39 Å². The van der Waals surface area contributed by atoms with Crippen LogP contribution >= 0.6 is 0 Å². The molecule has 1 aromatic carbocycles. The number of benzene rings is 1. The van der Waals surface area contributed by atoms with Gasteiger partial charge in [-0.15, -0.1) is 6.58 Å². The summed E-state index contributed by atoms with van der Waals surface area (Å²) in [6.45, 7) is 10.6. The maximum Gasteiger partial charge on any atom is 0.111 e. The summed E-state index contributed by atoms with van der Waals surface area (Å²) in [6.07, 6.45) is 27.7. The van der Waals surface area contributed by atoms with Gasteiger partial charge in [0.2, 0.25) is 0 Å². The molecule has 0 N–H and O–H groups in total. The number of hydrogen-bond donors (Lipinski definition) is 0. The summed E-state index contributed by atoms with van der Waals surface area (Å²) in [5.41, 5.74) is 3.89. The van der Waals surface area contributed by atoms with E-state index in [1.165, 1.54) is 56.9 Å². The lowest BCUT2D eigenvalue weighted by Crippen LogP contribution is -2.17. The van der Waals surface area contributed by atoms with Crippen LogP contribution in [0, 0.1) is 23.2 Å². The Kier molecular flexibility index (Phi) is 12.4. The highest BCUT2D eigenvalue weighted by Crippen LogP contribution is 2.39. The van der Waals surface area contributed by atoms with Gasteiger partial charge in [0, 0.05) is 0 Å². The monoisotopic (exact) mass is 504 g/mol. The highest BCUT2D eigenvalue weighted by Gasteiger charge is 2.25. The normalized spacial score (nSPS) is 24.8. The zero-order valence-electron chi connectivity index (χ0n) is 24.1. The highest BCUT2D eigenvalue weighted by atomic mass is 19.1. The molecule has 37 heavy (non-hydrogen) atoms. The predicted octanol–water partition coefficient (Wildman–Crippen LogP) is 11.3. The van der Waals surface area contributed by atoms with Crippen molar-refractivity contribution in [2.45, 2.75) is 110 Å². The Labute approximate surface area is 228 Å². The van der Waals surface area contributed by atoms with Crippen LogP contribution in [0.5, 0.6) is 0 Å². The highest BCUT2D eigenvalue weighted by molar-refractivity contribution is 5.27. The maximum absolute atomic E-state index is 13.9. The van der Waals surface area contributed by atoms with Crippen molar-refractivity contribution in [2.24, 2.45) is 23.2 Å². The standard InChI is InChI=1S/C36H53F/c1-5-7-9-12-30-17-21-34(22-18-30)35-23-19-31(20-24-35)15-16-32(28-37)25-26-36(4,6-2)27-29(3)33-13-10-8-11-14-33/h6,8,10-11,13-14,19,23-25,29-31,34H,2,5,7,9,12,15-18,20-22,26-28H2,1,3-4H3/b32-25-/t29-,30?,31?,34?,36?/m1/s1. The Morgan fingerprint density at radius 3 is 2.49 bits per heavy atom. The van der Waals surface area contributed by atoms with Crippen LogP contribution in [0.2, 0.25) is 0 Å². The number of halogens is 1. The Balaban J connectivity index is 1.43. The lowest BCUT2D eigenvalue weighted by molar-refractivity contribution is 0.283. The third-order valence-corrected chi connectivity index (χ3v) is 9.25. The summed E-state index contributed by atoms with van der Waals surface area (Å²) in [7, 11) is 0. The Bertz CT molecular complexity index is 883. The number of alkyl halides is 1. The molecule has 3 atom stereocenters. The molecule has 0 bridgehead atoms. The molecule has 3 rings (SSSR count). The van der Waals surface area contributed by atoms with Crippen LogP contribution in [-0.2, 0) is 0 Å². The van der Waals surface area contributed by atoms with Gasteiger partial charge in [0.15, 0.2) is 0 Å². The van der Waals surface area contributed by atoms with Gasteiger partial charge >= 0.3 is 0 Å². The molecule has 1 aromatic rings. The lowest BCUT2D eigenvalue weighted by Gasteiger charge is -2.31. The Morgan fingerprint density at radius 2 is 1.86 bits per heavy atom. The van der Waals surface area contributed by atoms with Crippen LogP contribution in [-0.4, -0.2) is 6.67 Å². The zero-order valence-corrected chi connectivity index (χ0v) is 24.1. The zero-order chi connectivity index (χ0) is 26.5. The molecule has 0 heterocycles. The smallest absolute Gasteiger partial charge is 0.111 e. The molecule has 204 valence electrons. The SMILES string of the molecule is C=CC(C)(C/C=C(\CF)CCC1C=CC(C2CCC(CCCCC)CC2)=CC1)C[C@@H](C)c1ccccc1. The van der Waals surface area contributed by atoms with Gasteiger partial charge in [0.25, 0.3) is 0 Å². The van der Waals surface area contributed by atoms with E-state index < -0.39 is 0 Å². The number of unbranched alkanes of at least 4 members (excludes halogenated alkanes) is 2. The topological polar surface area (TPSA) is 0 Å². The van der Waals surface area contributed by atoms with Gasteiger partial charge in [0.1, 0.15) is 6.67 Å². The first-order valence-corrected chi connectivity index (χ1v) is 15.3. The quantitative estimate of drug-likeness (QED) is 0.164. The third kappa shape index (κ3) is 9.73. The van der Waals surface area contributed by atoms with Crippen LogP contribution < -0.4 is 0 Å². The van der Waals surface area contributed by atoms with Crippen LogP contribution in [0.15, 0.2) is 78.4 Å². The van der Waals surface area contributed by atoms with Crippen LogP contribution in [0.25, 0.3) is 0 Å². The van der Waals surface area contributed by atoms with Crippen LogP contribution in [0.1, 0.15) is 116 Å². The van der Waals surface area contributed by atoms with Crippen molar-refractivity contribution in [3.05, 3.63) is 84.0 Å². The number of hydrogen-bond acceptors (Lipinski definition) is 0. The van der Waals surface area contributed by atoms with E-state index in [1.807, 2.05) is 0 Å². The molecule has 0 aromatic heterocycles. The van der Waals surface area contributed by atoms with E-state index in [0.29, 0.717) is 11.8 Å². The minimum Gasteiger partial charge on any atom is -0.246 e. The molecule has 1 fully saturated rings. The van der Waals surface area contributed by atoms with Crippen LogP contribution in [0.4, 0.5) is 4.39 Å². The minimum absolute atomic E-state index is 0.0208. The molecule has 0 spiro atoms. The molecular weight excluding hydrogens is 451 g/mol. The first kappa shape index (κ1) is 29.7. The van der Waals surface area contributed by atoms with Gasteiger partial charge in [-0.2, -0.15) is 0 Å². The van der Waals surface area contributed by atoms with E-state index in [1.54, 1.807) is 5.57 Å². The molecule has 0 amide bonds. The average molecular weight is 505 g/mol. The van der Waals surface area contributed by atoms with Crippen molar-refractivity contribution in [1.29, 1.82) is 0 Å². The molecule has 0 saturated heterocycles. The van der Waals surface area contributed by atoms with Gasteiger partial charge in [-0.05, 0) is 104 Å². The van der Waals surface area contributed by atoms with Crippen molar-refractivity contribution in [3.8, 4) is 0 Å². The molecule has 2 aliphatic carbocycles. The molecular formula is C36H53F. The van der Waals surface area contributed by atoms with Crippen molar-refractivity contribution >= 4 is 0 Å².